The van der Waals surface area contributed by atoms with Crippen molar-refractivity contribution in [3.05, 3.63) is 71.9 Å². The molecule has 0 bridgehead atoms. The number of fused-ring (bicyclic) bond motifs is 1. The van der Waals surface area contributed by atoms with E-state index < -0.39 is 5.97 Å². The molecule has 3 nitrogen and oxygen atoms in total. The molecule has 0 aliphatic heterocycles. The number of carboxylic acids is 1. The minimum absolute atomic E-state index is 0.287. The monoisotopic (exact) mass is 263 g/mol. The molecule has 0 unspecified atom stereocenters. The lowest BCUT2D eigenvalue weighted by molar-refractivity contribution is -0.130. The van der Waals surface area contributed by atoms with E-state index in [0.717, 1.165) is 16.5 Å². The number of aromatic nitrogens is 1. The summed E-state index contributed by atoms with van der Waals surface area (Å²) >= 11 is 0. The third-order valence-electron chi connectivity index (χ3n) is 3.24. The molecule has 0 spiro atoms. The van der Waals surface area contributed by atoms with Crippen molar-refractivity contribution < 1.29 is 9.90 Å². The van der Waals surface area contributed by atoms with Crippen molar-refractivity contribution in [1.82, 2.24) is 4.98 Å². The Morgan fingerprint density at radius 2 is 1.70 bits per heavy atom. The zero-order valence-corrected chi connectivity index (χ0v) is 10.7. The van der Waals surface area contributed by atoms with Crippen LogP contribution in [0.4, 0.5) is 0 Å². The minimum Gasteiger partial charge on any atom is -0.478 e. The fourth-order valence-corrected chi connectivity index (χ4v) is 2.26. The lowest BCUT2D eigenvalue weighted by atomic mass is 10.0. The first-order valence-corrected chi connectivity index (χ1v) is 6.32. The molecule has 0 amide bonds. The first-order valence-electron chi connectivity index (χ1n) is 6.32. The number of rotatable bonds is 3. The molecule has 0 radical (unpaired) electrons. The van der Waals surface area contributed by atoms with Gasteiger partial charge in [-0.1, -0.05) is 48.5 Å². The van der Waals surface area contributed by atoms with Gasteiger partial charge in [0, 0.05) is 22.7 Å². The topological polar surface area (TPSA) is 53.1 Å². The Morgan fingerprint density at radius 3 is 2.45 bits per heavy atom. The van der Waals surface area contributed by atoms with Crippen LogP contribution in [0.15, 0.2) is 60.8 Å². The highest BCUT2D eigenvalue weighted by molar-refractivity contribution is 6.21. The van der Waals surface area contributed by atoms with E-state index in [2.05, 4.69) is 4.98 Å². The summed E-state index contributed by atoms with van der Waals surface area (Å²) in [7, 11) is 0. The molecule has 2 aromatic carbocycles. The number of para-hydroxylation sites is 1. The Morgan fingerprint density at radius 1 is 1.00 bits per heavy atom. The number of hydrogen-bond acceptors (Lipinski definition) is 1. The number of nitrogens with one attached hydrogen (secondary N) is 1. The highest BCUT2D eigenvalue weighted by Crippen LogP contribution is 2.24. The average Bonchev–Trinajstić information content (AvgIpc) is 2.88. The Hall–Kier alpha value is -2.81. The second kappa shape index (κ2) is 5.05. The van der Waals surface area contributed by atoms with Crippen LogP contribution in [0, 0.1) is 0 Å². The second-order valence-electron chi connectivity index (χ2n) is 4.52. The molecule has 1 aromatic heterocycles. The van der Waals surface area contributed by atoms with Gasteiger partial charge in [-0.15, -0.1) is 0 Å². The van der Waals surface area contributed by atoms with E-state index in [0.29, 0.717) is 5.56 Å². The largest absolute Gasteiger partial charge is 0.478 e. The van der Waals surface area contributed by atoms with Gasteiger partial charge in [-0.2, -0.15) is 0 Å². The maximum absolute atomic E-state index is 11.5. The van der Waals surface area contributed by atoms with Gasteiger partial charge in [0.15, 0.2) is 0 Å². The summed E-state index contributed by atoms with van der Waals surface area (Å²) in [6.45, 7) is 0. The summed E-state index contributed by atoms with van der Waals surface area (Å²) < 4.78 is 0. The number of carbonyl (C=O) groups is 1. The molecule has 0 saturated carbocycles. The van der Waals surface area contributed by atoms with E-state index >= 15 is 0 Å². The van der Waals surface area contributed by atoms with Gasteiger partial charge >= 0.3 is 5.97 Å². The number of aliphatic carboxylic acids is 1. The van der Waals surface area contributed by atoms with Crippen LogP contribution in [0.2, 0.25) is 0 Å². The van der Waals surface area contributed by atoms with Gasteiger partial charge in [0.2, 0.25) is 0 Å². The second-order valence-corrected chi connectivity index (χ2v) is 4.52. The summed E-state index contributed by atoms with van der Waals surface area (Å²) in [5.41, 5.74) is 2.86. The Kier molecular flexibility index (Phi) is 3.09. The number of hydrogen-bond donors (Lipinski definition) is 2. The molecule has 3 rings (SSSR count). The van der Waals surface area contributed by atoms with Crippen LogP contribution >= 0.6 is 0 Å². The smallest absolute Gasteiger partial charge is 0.336 e. The molecule has 3 heteroatoms. The molecular formula is C17H13NO2. The maximum Gasteiger partial charge on any atom is 0.336 e. The Balaban J connectivity index is 2.15. The normalized spacial score (nSPS) is 11.7. The van der Waals surface area contributed by atoms with Gasteiger partial charge in [-0.25, -0.2) is 4.79 Å². The number of H-pyrrole nitrogens is 1. The number of benzene rings is 2. The third-order valence-corrected chi connectivity index (χ3v) is 3.24. The maximum atomic E-state index is 11.5. The van der Waals surface area contributed by atoms with Crippen LogP contribution in [0.25, 0.3) is 22.6 Å². The zero-order chi connectivity index (χ0) is 13.9. The van der Waals surface area contributed by atoms with Crippen LogP contribution in [-0.2, 0) is 4.79 Å². The highest BCUT2D eigenvalue weighted by Gasteiger charge is 2.11. The van der Waals surface area contributed by atoms with E-state index in [1.807, 2.05) is 48.7 Å². The lowest BCUT2D eigenvalue weighted by Crippen LogP contribution is -1.99. The lowest BCUT2D eigenvalue weighted by Gasteiger charge is -2.02. The fraction of sp³-hybridized carbons (Fsp3) is 0. The minimum atomic E-state index is -0.929. The summed E-state index contributed by atoms with van der Waals surface area (Å²) in [6, 6.07) is 17.0. The standard InChI is InChI=1S/C17H13NO2/c19-17(20)15(12-6-2-1-3-7-12)10-13-11-18-16-9-5-4-8-14(13)16/h1-11,18H,(H,19,20)/b15-10+. The molecule has 20 heavy (non-hydrogen) atoms. The molecular weight excluding hydrogens is 250 g/mol. The number of aromatic amines is 1. The van der Waals surface area contributed by atoms with Gasteiger partial charge in [-0.3, -0.25) is 0 Å². The average molecular weight is 263 g/mol. The SMILES string of the molecule is O=C(O)/C(=C/c1c[nH]c2ccccc12)c1ccccc1. The summed E-state index contributed by atoms with van der Waals surface area (Å²) in [6.07, 6.45) is 3.53. The van der Waals surface area contributed by atoms with Gasteiger partial charge in [-0.05, 0) is 17.7 Å². The molecule has 0 aliphatic carbocycles. The first kappa shape index (κ1) is 12.2. The van der Waals surface area contributed by atoms with Gasteiger partial charge < -0.3 is 10.1 Å². The fourth-order valence-electron chi connectivity index (χ4n) is 2.26. The number of carboxylic acid groups (broad SMARTS) is 1. The van der Waals surface area contributed by atoms with Gasteiger partial charge in [0.25, 0.3) is 0 Å². The summed E-state index contributed by atoms with van der Waals surface area (Å²) in [5, 5.41) is 10.4. The Labute approximate surface area is 116 Å². The Bertz CT molecular complexity index is 785. The predicted molar refractivity (Wildman–Crippen MR) is 80.2 cm³/mol. The molecule has 98 valence electrons. The van der Waals surface area contributed by atoms with Crippen LogP contribution in [0.3, 0.4) is 0 Å². The quantitative estimate of drug-likeness (QED) is 0.706. The van der Waals surface area contributed by atoms with Crippen LogP contribution < -0.4 is 0 Å². The van der Waals surface area contributed by atoms with Crippen molar-refractivity contribution in [3.8, 4) is 0 Å². The van der Waals surface area contributed by atoms with E-state index in [-0.39, 0.29) is 5.57 Å². The van der Waals surface area contributed by atoms with E-state index in [1.54, 1.807) is 18.2 Å². The molecule has 0 atom stereocenters. The van der Waals surface area contributed by atoms with Crippen molar-refractivity contribution in [3.63, 3.8) is 0 Å². The van der Waals surface area contributed by atoms with Crippen molar-refractivity contribution in [2.24, 2.45) is 0 Å². The first-order chi connectivity index (χ1) is 9.75. The molecule has 2 N–H and O–H groups in total. The third kappa shape index (κ3) is 2.21. The summed E-state index contributed by atoms with van der Waals surface area (Å²) in [5.74, 6) is -0.929. The molecule has 1 heterocycles. The summed E-state index contributed by atoms with van der Waals surface area (Å²) in [4.78, 5) is 14.6. The van der Waals surface area contributed by atoms with Gasteiger partial charge in [0.1, 0.15) is 0 Å². The molecule has 3 aromatic rings. The highest BCUT2D eigenvalue weighted by atomic mass is 16.4. The van der Waals surface area contributed by atoms with E-state index in [1.165, 1.54) is 0 Å². The van der Waals surface area contributed by atoms with Crippen LogP contribution in [0.1, 0.15) is 11.1 Å². The molecule has 0 aliphatic rings. The van der Waals surface area contributed by atoms with Crippen molar-refractivity contribution in [2.75, 3.05) is 0 Å². The predicted octanol–water partition coefficient (Wildman–Crippen LogP) is 3.79. The van der Waals surface area contributed by atoms with Gasteiger partial charge in [0.05, 0.1) is 5.57 Å². The van der Waals surface area contributed by atoms with Crippen LogP contribution in [0.5, 0.6) is 0 Å². The van der Waals surface area contributed by atoms with Crippen molar-refractivity contribution >= 4 is 28.5 Å². The van der Waals surface area contributed by atoms with Crippen LogP contribution in [-0.4, -0.2) is 16.1 Å². The molecule has 0 fully saturated rings. The van der Waals surface area contributed by atoms with E-state index in [9.17, 15) is 9.90 Å². The van der Waals surface area contributed by atoms with Crippen molar-refractivity contribution in [2.45, 2.75) is 0 Å². The van der Waals surface area contributed by atoms with Crippen molar-refractivity contribution in [1.29, 1.82) is 0 Å². The van der Waals surface area contributed by atoms with E-state index in [4.69, 9.17) is 0 Å². The molecule has 0 saturated heterocycles. The zero-order valence-electron chi connectivity index (χ0n) is 10.7.